The third-order valence-electron chi connectivity index (χ3n) is 13.7. The van der Waals surface area contributed by atoms with Crippen molar-refractivity contribution in [2.75, 3.05) is 51.9 Å². The molecule has 77 heavy (non-hydrogen) atoms. The maximum absolute atomic E-state index is 13.5. The van der Waals surface area contributed by atoms with Crippen molar-refractivity contribution >= 4 is 78.9 Å². The number of hydrogen-bond acceptors (Lipinski definition) is 10. The number of anilines is 1. The van der Waals surface area contributed by atoms with Crippen molar-refractivity contribution in [3.63, 3.8) is 0 Å². The number of carbonyl (C=O) groups is 3. The molecule has 4 N–H and O–H groups in total. The minimum atomic E-state index is -4.45. The van der Waals surface area contributed by atoms with Gasteiger partial charge >= 0.3 is 5.97 Å². The quantitative estimate of drug-likeness (QED) is 0.0122. The number of ether oxygens (including phenoxy) is 2. The van der Waals surface area contributed by atoms with E-state index in [0.717, 1.165) is 57.4 Å². The molecule has 404 valence electrons. The van der Waals surface area contributed by atoms with Gasteiger partial charge in [-0.15, -0.1) is 0 Å². The number of benzene rings is 5. The van der Waals surface area contributed by atoms with Crippen molar-refractivity contribution in [3.05, 3.63) is 186 Å². The van der Waals surface area contributed by atoms with Gasteiger partial charge in [-0.2, -0.15) is 21.4 Å². The number of methoxy groups -OCH3 is 2. The Morgan fingerprint density at radius 3 is 1.94 bits per heavy atom. The van der Waals surface area contributed by atoms with Gasteiger partial charge in [0.05, 0.1) is 34.5 Å². The molecule has 7 rings (SSSR count). The summed E-state index contributed by atoms with van der Waals surface area (Å²) in [6.07, 6.45) is 15.8. The van der Waals surface area contributed by atoms with E-state index < -0.39 is 45.0 Å². The van der Waals surface area contributed by atoms with E-state index in [9.17, 15) is 40.3 Å². The number of amides is 2. The van der Waals surface area contributed by atoms with E-state index in [2.05, 4.69) is 20.1 Å². The maximum Gasteiger partial charge on any atom is 0.338 e. The highest BCUT2D eigenvalue weighted by atomic mass is 32.2. The summed E-state index contributed by atoms with van der Waals surface area (Å²) in [4.78, 5) is 41.2. The summed E-state index contributed by atoms with van der Waals surface area (Å²) >= 11 is 0. The molecule has 18 heteroatoms. The maximum atomic E-state index is 13.5. The summed E-state index contributed by atoms with van der Waals surface area (Å²) in [5.41, 5.74) is 4.55. The Morgan fingerprint density at radius 1 is 0.688 bits per heavy atom. The zero-order chi connectivity index (χ0) is 55.5. The summed E-state index contributed by atoms with van der Waals surface area (Å²) in [5.74, 6) is -0.981. The van der Waals surface area contributed by atoms with Crippen LogP contribution in [-0.4, -0.2) is 101 Å². The van der Waals surface area contributed by atoms with Crippen LogP contribution in [0.1, 0.15) is 85.2 Å². The van der Waals surface area contributed by atoms with Crippen molar-refractivity contribution in [2.24, 2.45) is 0 Å². The molecule has 5 aromatic carbocycles. The molecule has 2 heterocycles. The second-order valence-corrected chi connectivity index (χ2v) is 24.6. The number of nitrogens with one attached hydrogen (secondary N) is 2. The molecule has 0 atom stereocenters. The molecule has 15 nitrogen and oxygen atoms in total. The molecule has 0 unspecified atom stereocenters. The number of nitrogens with zero attached hydrogens (tertiary/aromatic N) is 2. The molecule has 0 spiro atoms. The van der Waals surface area contributed by atoms with Crippen molar-refractivity contribution in [3.8, 4) is 0 Å². The lowest BCUT2D eigenvalue weighted by Gasteiger charge is -2.26. The first-order valence-corrected chi connectivity index (χ1v) is 29.5. The molecule has 0 saturated heterocycles. The van der Waals surface area contributed by atoms with Gasteiger partial charge in [-0.1, -0.05) is 105 Å². The van der Waals surface area contributed by atoms with E-state index in [0.29, 0.717) is 42.5 Å². The minimum absolute atomic E-state index is 0.146. The van der Waals surface area contributed by atoms with Gasteiger partial charge in [-0.3, -0.25) is 18.7 Å². The van der Waals surface area contributed by atoms with Gasteiger partial charge in [0.25, 0.3) is 26.1 Å². The van der Waals surface area contributed by atoms with Crippen LogP contribution in [0, 0.1) is 0 Å². The first-order chi connectivity index (χ1) is 36.7. The van der Waals surface area contributed by atoms with Gasteiger partial charge in [0, 0.05) is 85.0 Å². The zero-order valence-electron chi connectivity index (χ0n) is 44.1. The molecule has 0 bridgehead atoms. The summed E-state index contributed by atoms with van der Waals surface area (Å²) < 4.78 is 80.7. The van der Waals surface area contributed by atoms with Crippen LogP contribution in [0.15, 0.2) is 173 Å². The van der Waals surface area contributed by atoms with Crippen molar-refractivity contribution < 1.29 is 54.4 Å². The third-order valence-corrected chi connectivity index (χ3v) is 17.9. The molecule has 2 amide bonds. The van der Waals surface area contributed by atoms with E-state index in [-0.39, 0.29) is 41.1 Å². The monoisotopic (exact) mass is 1100 g/mol. The molecule has 0 radical (unpaired) electrons. The lowest BCUT2D eigenvalue weighted by molar-refractivity contribution is -0.438. The molecular formula is C59H66N4O11PS2+. The predicted molar refractivity (Wildman–Crippen MR) is 303 cm³/mol. The molecule has 2 aliphatic heterocycles. The van der Waals surface area contributed by atoms with E-state index in [1.807, 2.05) is 131 Å². The average molecular weight is 1100 g/mol. The fourth-order valence-electron chi connectivity index (χ4n) is 9.80. The minimum Gasteiger partial charge on any atom is -0.465 e. The number of carbonyl (C=O) groups excluding carboxylic acids is 3. The second-order valence-electron chi connectivity index (χ2n) is 19.6. The third kappa shape index (κ3) is 13.6. The number of fused-ring (bicyclic) bond motifs is 2. The van der Waals surface area contributed by atoms with Crippen LogP contribution in [0.2, 0.25) is 0 Å². The topological polar surface area (TPSA) is 209 Å². The SMILES string of the molecule is COCCN1C(=CC=CC=CC=CC2=[N+](CCCCCC(=O)NCCNC(=O)c3ccc(C(=O)OC)c(P(c4ccccc4)c4ccccc4)c3)c3ccc(S(=O)(=O)O)cc3C2(C)C)C(C)(C)c2cc(S(=O)(=O)O)ccc21. The number of unbranched alkanes of at least 4 members (excludes halogenated alkanes) is 2. The Hall–Kier alpha value is -6.85. The van der Waals surface area contributed by atoms with Crippen LogP contribution in [0.25, 0.3) is 0 Å². The Kier molecular flexibility index (Phi) is 18.8. The smallest absolute Gasteiger partial charge is 0.338 e. The number of hydrogen-bond donors (Lipinski definition) is 4. The van der Waals surface area contributed by atoms with Crippen LogP contribution in [-0.2, 0) is 45.3 Å². The lowest BCUT2D eigenvalue weighted by Crippen LogP contribution is -2.35. The van der Waals surface area contributed by atoms with Gasteiger partial charge in [-0.05, 0) is 105 Å². The Balaban J connectivity index is 0.960. The lowest BCUT2D eigenvalue weighted by atomic mass is 9.81. The first-order valence-electron chi connectivity index (χ1n) is 25.2. The molecular weight excluding hydrogens is 1040 g/mol. The van der Waals surface area contributed by atoms with Crippen molar-refractivity contribution in [1.82, 2.24) is 10.6 Å². The van der Waals surface area contributed by atoms with E-state index in [4.69, 9.17) is 9.47 Å². The number of esters is 1. The van der Waals surface area contributed by atoms with E-state index in [1.54, 1.807) is 37.4 Å². The Morgan fingerprint density at radius 2 is 1.30 bits per heavy atom. The Bertz CT molecular complexity index is 3350. The van der Waals surface area contributed by atoms with Gasteiger partial charge in [0.1, 0.15) is 6.54 Å². The first kappa shape index (κ1) is 57.8. The van der Waals surface area contributed by atoms with E-state index >= 15 is 0 Å². The Labute approximate surface area is 453 Å². The standard InChI is InChI=1S/C59H65N4O11PS2/c1-58(2)48-40-45(76(67,68)69)29-32-50(48)62(53(58)25-17-8-7-9-18-26-54-59(3,4)49-41-46(77(70,71)72)30-33-51(49)63(54)37-38-73-5)36-20-12-19-27-55(64)60-34-35-61-56(65)42-28-31-47(57(66)74-6)52(39-42)75(43-21-13-10-14-22-43)44-23-15-11-16-24-44/h7-11,13-18,21-26,28-33,39-41H,12,19-20,27,34-38H2,1-6H3,(H3-,60,61,64,65,67,68,69,70,71,72)/p+1. The van der Waals surface area contributed by atoms with E-state index in [1.165, 1.54) is 31.4 Å². The fourth-order valence-corrected chi connectivity index (χ4v) is 13.3. The van der Waals surface area contributed by atoms with Crippen LogP contribution in [0.4, 0.5) is 11.4 Å². The molecule has 0 aliphatic carbocycles. The molecule has 0 aromatic heterocycles. The van der Waals surface area contributed by atoms with Crippen LogP contribution in [0.5, 0.6) is 0 Å². The summed E-state index contributed by atoms with van der Waals surface area (Å²) in [6, 6.07) is 33.9. The van der Waals surface area contributed by atoms with Crippen LogP contribution < -0.4 is 31.4 Å². The highest BCUT2D eigenvalue weighted by Crippen LogP contribution is 2.48. The van der Waals surface area contributed by atoms with Crippen LogP contribution in [0.3, 0.4) is 0 Å². The largest absolute Gasteiger partial charge is 0.465 e. The fraction of sp³-hybridized carbons (Fsp3) is 0.288. The highest BCUT2D eigenvalue weighted by Gasteiger charge is 2.45. The number of allylic oxidation sites excluding steroid dienone is 8. The molecule has 0 saturated carbocycles. The van der Waals surface area contributed by atoms with Gasteiger partial charge in [0.2, 0.25) is 11.6 Å². The van der Waals surface area contributed by atoms with Gasteiger partial charge in [0.15, 0.2) is 5.71 Å². The molecule has 0 fully saturated rings. The molecule has 5 aromatic rings. The van der Waals surface area contributed by atoms with Gasteiger partial charge < -0.3 is 25.0 Å². The molecule has 2 aliphatic rings. The number of rotatable bonds is 23. The predicted octanol–water partition coefficient (Wildman–Crippen LogP) is 8.20. The van der Waals surface area contributed by atoms with Crippen molar-refractivity contribution in [1.29, 1.82) is 0 Å². The van der Waals surface area contributed by atoms with Gasteiger partial charge in [-0.25, -0.2) is 4.79 Å². The highest BCUT2D eigenvalue weighted by molar-refractivity contribution is 7.86. The average Bonchev–Trinajstić information content (AvgIpc) is 3.82. The second kappa shape index (κ2) is 25.1. The normalized spacial score (nSPS) is 15.5. The summed E-state index contributed by atoms with van der Waals surface area (Å²) in [6.45, 7) is 9.96. The van der Waals surface area contributed by atoms with Crippen molar-refractivity contribution in [2.45, 2.75) is 74.0 Å². The summed E-state index contributed by atoms with van der Waals surface area (Å²) in [7, 11) is -7.12. The summed E-state index contributed by atoms with van der Waals surface area (Å²) in [5, 5.41) is 8.51. The van der Waals surface area contributed by atoms with Crippen LogP contribution >= 0.6 is 7.92 Å². The zero-order valence-corrected chi connectivity index (χ0v) is 46.6.